The number of Topliss-reactive ketones (excluding diaryl/α,β-unsaturated/α-hetero) is 1. The van der Waals surface area contributed by atoms with Crippen LogP contribution in [0.5, 0.6) is 0 Å². The van der Waals surface area contributed by atoms with Gasteiger partial charge in [0.15, 0.2) is 0 Å². The molecule has 8 atom stereocenters. The molecule has 5 unspecified atom stereocenters. The molecule has 1 nitrogen and oxygen atoms in total. The predicted molar refractivity (Wildman–Crippen MR) is 118 cm³/mol. The van der Waals surface area contributed by atoms with Crippen LogP contribution in [0, 0.1) is 52.3 Å². The molecular formula is C27H46O. The van der Waals surface area contributed by atoms with Gasteiger partial charge in [-0.1, -0.05) is 53.9 Å². The van der Waals surface area contributed by atoms with E-state index in [4.69, 9.17) is 0 Å². The van der Waals surface area contributed by atoms with Crippen LogP contribution in [-0.4, -0.2) is 5.78 Å². The molecule has 0 amide bonds. The van der Waals surface area contributed by atoms with Gasteiger partial charge < -0.3 is 0 Å². The first-order valence-electron chi connectivity index (χ1n) is 12.8. The van der Waals surface area contributed by atoms with E-state index in [1.54, 1.807) is 0 Å². The summed E-state index contributed by atoms with van der Waals surface area (Å²) in [5, 5.41) is 0. The third kappa shape index (κ3) is 3.41. The van der Waals surface area contributed by atoms with Crippen molar-refractivity contribution < 1.29 is 4.79 Å². The number of hydrogen-bond donors (Lipinski definition) is 0. The highest BCUT2D eigenvalue weighted by Crippen LogP contribution is 2.68. The second-order valence-corrected chi connectivity index (χ2v) is 12.4. The lowest BCUT2D eigenvalue weighted by Gasteiger charge is -2.60. The second-order valence-electron chi connectivity index (χ2n) is 12.4. The molecule has 0 bridgehead atoms. The molecule has 4 aliphatic carbocycles. The van der Waals surface area contributed by atoms with E-state index in [0.717, 1.165) is 48.3 Å². The number of fused-ring (bicyclic) bond motifs is 5. The first kappa shape index (κ1) is 20.9. The minimum atomic E-state index is 0.471. The number of carbonyl (C=O) groups excluding carboxylic acids is 1. The lowest BCUT2D eigenvalue weighted by molar-refractivity contribution is -0.140. The van der Waals surface area contributed by atoms with Crippen molar-refractivity contribution in [2.45, 2.75) is 112 Å². The highest BCUT2D eigenvalue weighted by atomic mass is 16.1. The molecule has 0 aromatic carbocycles. The fourth-order valence-corrected chi connectivity index (χ4v) is 9.07. The van der Waals surface area contributed by atoms with E-state index in [-0.39, 0.29) is 0 Å². The molecule has 4 fully saturated rings. The molecule has 4 rings (SSSR count). The minimum absolute atomic E-state index is 0.471. The lowest BCUT2D eigenvalue weighted by atomic mass is 9.44. The van der Waals surface area contributed by atoms with Gasteiger partial charge in [0.2, 0.25) is 0 Å². The Morgan fingerprint density at radius 2 is 1.64 bits per heavy atom. The fourth-order valence-electron chi connectivity index (χ4n) is 9.07. The predicted octanol–water partition coefficient (Wildman–Crippen LogP) is 7.68. The van der Waals surface area contributed by atoms with Gasteiger partial charge in [0, 0.05) is 12.8 Å². The van der Waals surface area contributed by atoms with Crippen LogP contribution >= 0.6 is 0 Å². The topological polar surface area (TPSA) is 17.1 Å². The van der Waals surface area contributed by atoms with Crippen LogP contribution in [0.4, 0.5) is 0 Å². The quantitative estimate of drug-likeness (QED) is 0.473. The van der Waals surface area contributed by atoms with E-state index in [9.17, 15) is 4.79 Å². The van der Waals surface area contributed by atoms with Crippen molar-refractivity contribution in [3.8, 4) is 0 Å². The molecule has 0 N–H and O–H groups in total. The Hall–Kier alpha value is -0.330. The molecule has 160 valence electrons. The van der Waals surface area contributed by atoms with Gasteiger partial charge in [-0.15, -0.1) is 0 Å². The maximum absolute atomic E-state index is 12.1. The maximum atomic E-state index is 12.1. The van der Waals surface area contributed by atoms with Gasteiger partial charge in [-0.25, -0.2) is 0 Å². The van der Waals surface area contributed by atoms with E-state index < -0.39 is 0 Å². The van der Waals surface area contributed by atoms with Gasteiger partial charge in [-0.2, -0.15) is 0 Å². The van der Waals surface area contributed by atoms with Gasteiger partial charge >= 0.3 is 0 Å². The number of hydrogen-bond acceptors (Lipinski definition) is 1. The summed E-state index contributed by atoms with van der Waals surface area (Å²) in [7, 11) is 0. The third-order valence-corrected chi connectivity index (χ3v) is 10.7. The Morgan fingerprint density at radius 3 is 2.39 bits per heavy atom. The maximum Gasteiger partial charge on any atom is 0.133 e. The number of ketones is 1. The summed E-state index contributed by atoms with van der Waals surface area (Å²) in [6, 6.07) is 0. The average Bonchev–Trinajstić information content (AvgIpc) is 2.99. The molecule has 0 heterocycles. The van der Waals surface area contributed by atoms with Crippen LogP contribution < -0.4 is 0 Å². The van der Waals surface area contributed by atoms with Crippen LogP contribution in [0.15, 0.2) is 0 Å². The van der Waals surface area contributed by atoms with Crippen molar-refractivity contribution in [3.63, 3.8) is 0 Å². The first-order chi connectivity index (χ1) is 13.3. The molecule has 0 aromatic rings. The van der Waals surface area contributed by atoms with E-state index in [1.165, 1.54) is 64.2 Å². The van der Waals surface area contributed by atoms with Gasteiger partial charge in [0.1, 0.15) is 5.78 Å². The van der Waals surface area contributed by atoms with Crippen molar-refractivity contribution >= 4 is 5.78 Å². The normalized spacial score (nSPS) is 46.8. The summed E-state index contributed by atoms with van der Waals surface area (Å²) in [5.41, 5.74) is 1.07. The Labute approximate surface area is 174 Å². The third-order valence-electron chi connectivity index (χ3n) is 10.7. The minimum Gasteiger partial charge on any atom is -0.300 e. The molecule has 0 radical (unpaired) electrons. The van der Waals surface area contributed by atoms with Crippen molar-refractivity contribution in [1.82, 2.24) is 0 Å². The fraction of sp³-hybridized carbons (Fsp3) is 0.963. The largest absolute Gasteiger partial charge is 0.300 e. The van der Waals surface area contributed by atoms with Crippen molar-refractivity contribution in [1.29, 1.82) is 0 Å². The highest BCUT2D eigenvalue weighted by Gasteiger charge is 2.60. The van der Waals surface area contributed by atoms with E-state index >= 15 is 0 Å². The molecule has 0 spiro atoms. The van der Waals surface area contributed by atoms with Gasteiger partial charge in [0.05, 0.1) is 0 Å². The van der Waals surface area contributed by atoms with Crippen LogP contribution in [0.1, 0.15) is 112 Å². The number of carbonyl (C=O) groups is 1. The standard InChI is InChI=1S/C27H46O/c1-18(2)7-6-8-19(3)23-11-12-24-22-10-9-20-17-21(28)13-15-26(20,4)25(22)14-16-27(23,24)5/h18-20,22-25H,6-17H2,1-5H3/t19?,20-,22?,23?,24?,25?,26+,27-/m0/s1. The molecule has 28 heavy (non-hydrogen) atoms. The van der Waals surface area contributed by atoms with Crippen molar-refractivity contribution in [2.24, 2.45) is 52.3 Å². The summed E-state index contributed by atoms with van der Waals surface area (Å²) in [5.74, 6) is 6.82. The zero-order valence-electron chi connectivity index (χ0n) is 19.4. The Morgan fingerprint density at radius 1 is 0.893 bits per heavy atom. The first-order valence-corrected chi connectivity index (χ1v) is 12.8. The Bertz CT molecular complexity index is 579. The van der Waals surface area contributed by atoms with Crippen LogP contribution in [0.3, 0.4) is 0 Å². The zero-order valence-corrected chi connectivity index (χ0v) is 19.4. The summed E-state index contributed by atoms with van der Waals surface area (Å²) in [6.45, 7) is 12.6. The average molecular weight is 387 g/mol. The smallest absolute Gasteiger partial charge is 0.133 e. The van der Waals surface area contributed by atoms with E-state index in [2.05, 4.69) is 34.6 Å². The lowest BCUT2D eigenvalue weighted by Crippen LogP contribution is -2.53. The zero-order chi connectivity index (χ0) is 20.1. The van der Waals surface area contributed by atoms with Crippen molar-refractivity contribution in [2.75, 3.05) is 0 Å². The SMILES string of the molecule is CC(C)CCCC(C)C1CCC2C3CC[C@H]4CC(=O)CC[C@@]4(C)C3CC[C@@]12C. The van der Waals surface area contributed by atoms with Crippen LogP contribution in [0.2, 0.25) is 0 Å². The molecule has 0 aromatic heterocycles. The molecule has 4 saturated carbocycles. The van der Waals surface area contributed by atoms with Gasteiger partial charge in [-0.3, -0.25) is 4.79 Å². The summed E-state index contributed by atoms with van der Waals surface area (Å²) in [6.07, 6.45) is 15.9. The van der Waals surface area contributed by atoms with Crippen molar-refractivity contribution in [3.05, 3.63) is 0 Å². The molecule has 0 aliphatic heterocycles. The summed E-state index contributed by atoms with van der Waals surface area (Å²) in [4.78, 5) is 12.1. The second kappa shape index (κ2) is 7.73. The van der Waals surface area contributed by atoms with E-state index in [1.807, 2.05) is 0 Å². The van der Waals surface area contributed by atoms with Gasteiger partial charge in [-0.05, 0) is 97.2 Å². The summed E-state index contributed by atoms with van der Waals surface area (Å²) < 4.78 is 0. The highest BCUT2D eigenvalue weighted by molar-refractivity contribution is 5.79. The molecule has 0 saturated heterocycles. The molecule has 4 aliphatic rings. The Balaban J connectivity index is 1.47. The Kier molecular flexibility index (Phi) is 5.78. The molecule has 1 heteroatoms. The molecular weight excluding hydrogens is 340 g/mol. The number of rotatable bonds is 5. The van der Waals surface area contributed by atoms with Crippen LogP contribution in [0.25, 0.3) is 0 Å². The summed E-state index contributed by atoms with van der Waals surface area (Å²) >= 11 is 0. The van der Waals surface area contributed by atoms with Crippen LogP contribution in [-0.2, 0) is 4.79 Å². The van der Waals surface area contributed by atoms with E-state index in [0.29, 0.717) is 22.5 Å². The van der Waals surface area contributed by atoms with Gasteiger partial charge in [0.25, 0.3) is 0 Å². The monoisotopic (exact) mass is 386 g/mol.